The molecule has 2 nitrogen and oxygen atoms in total. The number of aromatic hydroxyl groups is 1. The largest absolute Gasteiger partial charge is 0.506 e. The first kappa shape index (κ1) is 9.65. The fourth-order valence-corrected chi connectivity index (χ4v) is 1.43. The van der Waals surface area contributed by atoms with E-state index < -0.39 is 0 Å². The first-order valence-corrected chi connectivity index (χ1v) is 4.59. The lowest BCUT2D eigenvalue weighted by atomic mass is 10.0. The van der Waals surface area contributed by atoms with E-state index in [-0.39, 0.29) is 11.6 Å². The van der Waals surface area contributed by atoms with Gasteiger partial charge in [-0.15, -0.1) is 0 Å². The van der Waals surface area contributed by atoms with Gasteiger partial charge in [-0.1, -0.05) is 12.1 Å². The maximum absolute atomic E-state index is 13.3. The molecule has 0 saturated carbocycles. The van der Waals surface area contributed by atoms with Crippen LogP contribution < -0.4 is 0 Å². The maximum Gasteiger partial charge on any atom is 0.133 e. The van der Waals surface area contributed by atoms with Crippen molar-refractivity contribution < 1.29 is 9.50 Å². The van der Waals surface area contributed by atoms with Crippen LogP contribution >= 0.6 is 0 Å². The van der Waals surface area contributed by atoms with Gasteiger partial charge in [-0.25, -0.2) is 4.39 Å². The Morgan fingerprint density at radius 1 is 1.20 bits per heavy atom. The van der Waals surface area contributed by atoms with Crippen molar-refractivity contribution in [2.45, 2.75) is 6.92 Å². The molecule has 0 aliphatic carbocycles. The monoisotopic (exact) mass is 203 g/mol. The van der Waals surface area contributed by atoms with Gasteiger partial charge in [0, 0.05) is 5.56 Å². The molecule has 15 heavy (non-hydrogen) atoms. The number of hydrogen-bond donors (Lipinski definition) is 1. The first-order valence-electron chi connectivity index (χ1n) is 4.59. The van der Waals surface area contributed by atoms with E-state index in [0.717, 1.165) is 5.56 Å². The molecule has 0 unspecified atom stereocenters. The van der Waals surface area contributed by atoms with Crippen molar-refractivity contribution in [1.82, 2.24) is 4.98 Å². The molecule has 0 spiro atoms. The summed E-state index contributed by atoms with van der Waals surface area (Å²) in [4.78, 5) is 4.03. The van der Waals surface area contributed by atoms with Crippen molar-refractivity contribution in [3.63, 3.8) is 0 Å². The average Bonchev–Trinajstić information content (AvgIpc) is 2.24. The van der Waals surface area contributed by atoms with Gasteiger partial charge >= 0.3 is 0 Å². The summed E-state index contributed by atoms with van der Waals surface area (Å²) in [5.41, 5.74) is 1.97. The Morgan fingerprint density at radius 2 is 2.00 bits per heavy atom. The van der Waals surface area contributed by atoms with Gasteiger partial charge in [0.2, 0.25) is 0 Å². The van der Waals surface area contributed by atoms with Crippen LogP contribution in [-0.4, -0.2) is 10.1 Å². The summed E-state index contributed by atoms with van der Waals surface area (Å²) in [7, 11) is 0. The van der Waals surface area contributed by atoms with Gasteiger partial charge in [0.1, 0.15) is 11.6 Å². The van der Waals surface area contributed by atoms with E-state index in [2.05, 4.69) is 4.98 Å². The Morgan fingerprint density at radius 3 is 2.67 bits per heavy atom. The molecule has 1 aromatic heterocycles. The van der Waals surface area contributed by atoms with Gasteiger partial charge < -0.3 is 5.11 Å². The molecule has 0 saturated heterocycles. The van der Waals surface area contributed by atoms with E-state index in [1.54, 1.807) is 25.1 Å². The third-order valence-electron chi connectivity index (χ3n) is 2.29. The number of halogens is 1. The van der Waals surface area contributed by atoms with Crippen molar-refractivity contribution in [3.8, 4) is 17.0 Å². The Bertz CT molecular complexity index is 479. The van der Waals surface area contributed by atoms with Crippen LogP contribution in [0.1, 0.15) is 5.56 Å². The first-order chi connectivity index (χ1) is 7.18. The zero-order valence-electron chi connectivity index (χ0n) is 8.24. The predicted molar refractivity (Wildman–Crippen MR) is 56.0 cm³/mol. The third kappa shape index (κ3) is 1.81. The third-order valence-corrected chi connectivity index (χ3v) is 2.29. The second-order valence-electron chi connectivity index (χ2n) is 3.31. The van der Waals surface area contributed by atoms with Crippen molar-refractivity contribution in [3.05, 3.63) is 47.9 Å². The number of nitrogens with zero attached hydrogens (tertiary/aromatic N) is 1. The molecule has 0 amide bonds. The minimum absolute atomic E-state index is 0.104. The standard InChI is InChI=1S/C12H10FNO/c1-8-10(3-2-4-11(8)13)12-6-5-9(15)7-14-12/h2-7,15H,1H3. The molecule has 0 radical (unpaired) electrons. The molecule has 0 aliphatic rings. The second kappa shape index (κ2) is 3.69. The molecule has 76 valence electrons. The van der Waals surface area contributed by atoms with Crippen molar-refractivity contribution >= 4 is 0 Å². The molecule has 1 N–H and O–H groups in total. The van der Waals surface area contributed by atoms with Crippen LogP contribution in [0.5, 0.6) is 5.75 Å². The van der Waals surface area contributed by atoms with E-state index in [1.807, 2.05) is 0 Å². The molecule has 0 bridgehead atoms. The van der Waals surface area contributed by atoms with Gasteiger partial charge in [0.05, 0.1) is 11.9 Å². The zero-order chi connectivity index (χ0) is 10.8. The number of pyridine rings is 1. The lowest BCUT2D eigenvalue weighted by Crippen LogP contribution is -1.89. The van der Waals surface area contributed by atoms with Gasteiger partial charge in [-0.2, -0.15) is 0 Å². The summed E-state index contributed by atoms with van der Waals surface area (Å²) in [6.45, 7) is 1.71. The lowest BCUT2D eigenvalue weighted by Gasteiger charge is -2.05. The zero-order valence-corrected chi connectivity index (χ0v) is 8.24. The van der Waals surface area contributed by atoms with Crippen molar-refractivity contribution in [2.24, 2.45) is 0 Å². The smallest absolute Gasteiger partial charge is 0.133 e. The van der Waals surface area contributed by atoms with Crippen LogP contribution in [0.2, 0.25) is 0 Å². The summed E-state index contributed by atoms with van der Waals surface area (Å²) < 4.78 is 13.3. The van der Waals surface area contributed by atoms with E-state index in [1.165, 1.54) is 18.3 Å². The highest BCUT2D eigenvalue weighted by Gasteiger charge is 2.06. The van der Waals surface area contributed by atoms with Crippen LogP contribution in [0.15, 0.2) is 36.5 Å². The molecular formula is C12H10FNO. The minimum atomic E-state index is -0.248. The van der Waals surface area contributed by atoms with Crippen LogP contribution in [0.3, 0.4) is 0 Å². The summed E-state index contributed by atoms with van der Waals surface area (Å²) >= 11 is 0. The summed E-state index contributed by atoms with van der Waals surface area (Å²) in [5.74, 6) is -0.143. The fraction of sp³-hybridized carbons (Fsp3) is 0.0833. The summed E-state index contributed by atoms with van der Waals surface area (Å²) in [6, 6.07) is 8.06. The molecule has 1 heterocycles. The number of aromatic nitrogens is 1. The number of benzene rings is 1. The highest BCUT2D eigenvalue weighted by Crippen LogP contribution is 2.24. The molecule has 0 aliphatic heterocycles. The number of hydrogen-bond acceptors (Lipinski definition) is 2. The maximum atomic E-state index is 13.3. The number of rotatable bonds is 1. The quantitative estimate of drug-likeness (QED) is 0.773. The molecule has 0 fully saturated rings. The van der Waals surface area contributed by atoms with Crippen LogP contribution in [0, 0.1) is 12.7 Å². The Balaban J connectivity index is 2.54. The SMILES string of the molecule is Cc1c(F)cccc1-c1ccc(O)cn1. The van der Waals surface area contributed by atoms with Crippen molar-refractivity contribution in [1.29, 1.82) is 0 Å². The van der Waals surface area contributed by atoms with Crippen LogP contribution in [0.25, 0.3) is 11.3 Å². The molecule has 3 heteroatoms. The van der Waals surface area contributed by atoms with E-state index in [9.17, 15) is 4.39 Å². The predicted octanol–water partition coefficient (Wildman–Crippen LogP) is 2.90. The van der Waals surface area contributed by atoms with Gasteiger partial charge in [0.25, 0.3) is 0 Å². The molecule has 2 rings (SSSR count). The Kier molecular flexibility index (Phi) is 2.37. The topological polar surface area (TPSA) is 33.1 Å². The molecule has 0 atom stereocenters. The molecule has 2 aromatic rings. The second-order valence-corrected chi connectivity index (χ2v) is 3.31. The highest BCUT2D eigenvalue weighted by atomic mass is 19.1. The highest BCUT2D eigenvalue weighted by molar-refractivity contribution is 5.63. The van der Waals surface area contributed by atoms with Gasteiger partial charge in [0.15, 0.2) is 0 Å². The van der Waals surface area contributed by atoms with Gasteiger partial charge in [-0.05, 0) is 30.7 Å². The van der Waals surface area contributed by atoms with E-state index >= 15 is 0 Å². The lowest BCUT2D eigenvalue weighted by molar-refractivity contribution is 0.473. The summed E-state index contributed by atoms with van der Waals surface area (Å²) in [5, 5.41) is 9.09. The van der Waals surface area contributed by atoms with Crippen LogP contribution in [-0.2, 0) is 0 Å². The van der Waals surface area contributed by atoms with E-state index in [0.29, 0.717) is 11.3 Å². The van der Waals surface area contributed by atoms with Gasteiger partial charge in [-0.3, -0.25) is 4.98 Å². The average molecular weight is 203 g/mol. The molecular weight excluding hydrogens is 193 g/mol. The van der Waals surface area contributed by atoms with Crippen molar-refractivity contribution in [2.75, 3.05) is 0 Å². The van der Waals surface area contributed by atoms with Crippen LogP contribution in [0.4, 0.5) is 4.39 Å². The normalized spacial score (nSPS) is 10.3. The fourth-order valence-electron chi connectivity index (χ4n) is 1.43. The van der Waals surface area contributed by atoms with E-state index in [4.69, 9.17) is 5.11 Å². The Hall–Kier alpha value is -1.90. The molecule has 1 aromatic carbocycles. The minimum Gasteiger partial charge on any atom is -0.506 e. The Labute approximate surface area is 87.0 Å². The summed E-state index contributed by atoms with van der Waals surface area (Å²) in [6.07, 6.45) is 1.35.